The van der Waals surface area contributed by atoms with E-state index in [0.29, 0.717) is 11.5 Å². The molecule has 0 bridgehead atoms. The van der Waals surface area contributed by atoms with E-state index in [1.807, 2.05) is 53.4 Å². The third-order valence-corrected chi connectivity index (χ3v) is 4.45. The Labute approximate surface area is 133 Å². The van der Waals surface area contributed by atoms with Crippen molar-refractivity contribution in [2.45, 2.75) is 4.90 Å². The zero-order valence-corrected chi connectivity index (χ0v) is 13.0. The molecular formula is C16H12ClNO3S. The van der Waals surface area contributed by atoms with E-state index in [1.54, 1.807) is 12.1 Å². The lowest BCUT2D eigenvalue weighted by atomic mass is 10.3. The number of hydrogen-bond donors (Lipinski definition) is 0. The van der Waals surface area contributed by atoms with Crippen molar-refractivity contribution in [3.63, 3.8) is 0 Å². The molecule has 6 heteroatoms. The van der Waals surface area contributed by atoms with Crippen molar-refractivity contribution < 1.29 is 13.2 Å². The minimum absolute atomic E-state index is 0.0458. The molecule has 0 unspecified atom stereocenters. The maximum atomic E-state index is 11.2. The highest BCUT2D eigenvalue weighted by Gasteiger charge is 2.09. The Kier molecular flexibility index (Phi) is 3.92. The SMILES string of the molecule is O=S(=O)(Cl)c1ccc(Oc2ccc(-n3cccc3)cc2)cc1. The molecule has 112 valence electrons. The van der Waals surface area contributed by atoms with Gasteiger partial charge < -0.3 is 9.30 Å². The lowest BCUT2D eigenvalue weighted by Gasteiger charge is -2.08. The minimum Gasteiger partial charge on any atom is -0.457 e. The van der Waals surface area contributed by atoms with Gasteiger partial charge in [-0.25, -0.2) is 8.42 Å². The standard InChI is InChI=1S/C16H12ClNO3S/c17-22(19,20)16-9-7-15(8-10-16)21-14-5-3-13(4-6-14)18-11-1-2-12-18/h1-12H. The summed E-state index contributed by atoms with van der Waals surface area (Å²) in [6.45, 7) is 0. The van der Waals surface area contributed by atoms with Gasteiger partial charge in [-0.3, -0.25) is 0 Å². The van der Waals surface area contributed by atoms with Gasteiger partial charge in [-0.15, -0.1) is 0 Å². The van der Waals surface area contributed by atoms with Gasteiger partial charge in [-0.1, -0.05) is 0 Å². The number of hydrogen-bond acceptors (Lipinski definition) is 3. The van der Waals surface area contributed by atoms with Crippen molar-refractivity contribution >= 4 is 19.7 Å². The molecule has 3 aromatic rings. The van der Waals surface area contributed by atoms with Gasteiger partial charge in [0.05, 0.1) is 4.90 Å². The first kappa shape index (κ1) is 14.7. The highest BCUT2D eigenvalue weighted by atomic mass is 35.7. The molecule has 3 rings (SSSR count). The average Bonchev–Trinajstić information content (AvgIpc) is 3.02. The van der Waals surface area contributed by atoms with Crippen molar-refractivity contribution in [2.75, 3.05) is 0 Å². The fourth-order valence-corrected chi connectivity index (χ4v) is 2.77. The third kappa shape index (κ3) is 3.32. The summed E-state index contributed by atoms with van der Waals surface area (Å²) in [5.74, 6) is 1.20. The summed E-state index contributed by atoms with van der Waals surface area (Å²) in [4.78, 5) is 0.0458. The summed E-state index contributed by atoms with van der Waals surface area (Å²) in [7, 11) is 1.56. The summed E-state index contributed by atoms with van der Waals surface area (Å²) < 4.78 is 30.0. The summed E-state index contributed by atoms with van der Waals surface area (Å²) >= 11 is 0. The molecule has 0 N–H and O–H groups in total. The van der Waals surface area contributed by atoms with E-state index in [1.165, 1.54) is 12.1 Å². The fourth-order valence-electron chi connectivity index (χ4n) is 2.00. The third-order valence-electron chi connectivity index (χ3n) is 3.08. The van der Waals surface area contributed by atoms with Crippen LogP contribution >= 0.6 is 10.7 Å². The van der Waals surface area contributed by atoms with E-state index < -0.39 is 9.05 Å². The first-order valence-corrected chi connectivity index (χ1v) is 8.79. The predicted molar refractivity (Wildman–Crippen MR) is 85.3 cm³/mol. The molecule has 0 aliphatic heterocycles. The Morgan fingerprint density at radius 2 is 1.32 bits per heavy atom. The normalized spacial score (nSPS) is 11.3. The first-order valence-electron chi connectivity index (χ1n) is 6.48. The summed E-state index contributed by atoms with van der Waals surface area (Å²) in [6.07, 6.45) is 3.92. The van der Waals surface area contributed by atoms with E-state index in [-0.39, 0.29) is 4.90 Å². The van der Waals surface area contributed by atoms with Crippen LogP contribution in [-0.2, 0) is 9.05 Å². The van der Waals surface area contributed by atoms with Gasteiger partial charge in [0.15, 0.2) is 0 Å². The average molecular weight is 334 g/mol. The Morgan fingerprint density at radius 3 is 1.82 bits per heavy atom. The number of aromatic nitrogens is 1. The molecule has 0 saturated heterocycles. The second-order valence-electron chi connectivity index (χ2n) is 4.60. The molecule has 4 nitrogen and oxygen atoms in total. The molecule has 1 heterocycles. The van der Waals surface area contributed by atoms with Crippen molar-refractivity contribution in [1.29, 1.82) is 0 Å². The molecule has 0 fully saturated rings. The molecule has 0 amide bonds. The van der Waals surface area contributed by atoms with Crippen molar-refractivity contribution in [3.05, 3.63) is 73.1 Å². The highest BCUT2D eigenvalue weighted by molar-refractivity contribution is 8.13. The number of nitrogens with zero attached hydrogens (tertiary/aromatic N) is 1. The van der Waals surface area contributed by atoms with E-state index in [9.17, 15) is 8.42 Å². The zero-order valence-electron chi connectivity index (χ0n) is 11.4. The van der Waals surface area contributed by atoms with E-state index >= 15 is 0 Å². The Morgan fingerprint density at radius 1 is 0.818 bits per heavy atom. The van der Waals surface area contributed by atoms with E-state index in [2.05, 4.69) is 0 Å². The van der Waals surface area contributed by atoms with E-state index in [4.69, 9.17) is 15.4 Å². The number of rotatable bonds is 4. The Bertz CT molecular complexity index is 855. The second kappa shape index (κ2) is 5.87. The Hall–Kier alpha value is -2.24. The molecule has 0 spiro atoms. The molecule has 0 aliphatic carbocycles. The molecule has 0 radical (unpaired) electrons. The molecule has 0 aliphatic rings. The first-order chi connectivity index (χ1) is 10.5. The van der Waals surface area contributed by atoms with E-state index in [0.717, 1.165) is 5.69 Å². The van der Waals surface area contributed by atoms with Crippen LogP contribution in [0.1, 0.15) is 0 Å². The molecule has 0 atom stereocenters. The number of benzene rings is 2. The van der Waals surface area contributed by atoms with Crippen LogP contribution in [0.3, 0.4) is 0 Å². The van der Waals surface area contributed by atoms with Gasteiger partial charge in [-0.05, 0) is 60.7 Å². The van der Waals surface area contributed by atoms with Crippen LogP contribution in [0.25, 0.3) is 5.69 Å². The van der Waals surface area contributed by atoms with Crippen LogP contribution in [0, 0.1) is 0 Å². The predicted octanol–water partition coefficient (Wildman–Crippen LogP) is 4.20. The maximum absolute atomic E-state index is 11.2. The quantitative estimate of drug-likeness (QED) is 0.672. The molecule has 22 heavy (non-hydrogen) atoms. The molecule has 0 saturated carbocycles. The topological polar surface area (TPSA) is 48.3 Å². The number of halogens is 1. The summed E-state index contributed by atoms with van der Waals surface area (Å²) in [6, 6.07) is 17.4. The Balaban J connectivity index is 1.76. The lowest BCUT2D eigenvalue weighted by Crippen LogP contribution is -1.91. The summed E-state index contributed by atoms with van der Waals surface area (Å²) in [5, 5.41) is 0. The minimum atomic E-state index is -3.71. The van der Waals surface area contributed by atoms with Gasteiger partial charge in [-0.2, -0.15) is 0 Å². The van der Waals surface area contributed by atoms with Gasteiger partial charge in [0, 0.05) is 28.8 Å². The van der Waals surface area contributed by atoms with Crippen LogP contribution in [-0.4, -0.2) is 13.0 Å². The second-order valence-corrected chi connectivity index (χ2v) is 7.16. The van der Waals surface area contributed by atoms with Crippen LogP contribution in [0.4, 0.5) is 0 Å². The number of ether oxygens (including phenoxy) is 1. The molecule has 2 aromatic carbocycles. The van der Waals surface area contributed by atoms with Crippen LogP contribution in [0.2, 0.25) is 0 Å². The van der Waals surface area contributed by atoms with Crippen LogP contribution in [0.5, 0.6) is 11.5 Å². The van der Waals surface area contributed by atoms with Gasteiger partial charge in [0.25, 0.3) is 9.05 Å². The largest absolute Gasteiger partial charge is 0.457 e. The smallest absolute Gasteiger partial charge is 0.261 e. The van der Waals surface area contributed by atoms with Gasteiger partial charge in [0.1, 0.15) is 11.5 Å². The van der Waals surface area contributed by atoms with Crippen LogP contribution in [0.15, 0.2) is 78.0 Å². The lowest BCUT2D eigenvalue weighted by molar-refractivity contribution is 0.482. The maximum Gasteiger partial charge on any atom is 0.261 e. The fraction of sp³-hybridized carbons (Fsp3) is 0. The highest BCUT2D eigenvalue weighted by Crippen LogP contribution is 2.25. The van der Waals surface area contributed by atoms with Gasteiger partial charge >= 0.3 is 0 Å². The van der Waals surface area contributed by atoms with Gasteiger partial charge in [0.2, 0.25) is 0 Å². The zero-order chi connectivity index (χ0) is 15.6. The van der Waals surface area contributed by atoms with Crippen molar-refractivity contribution in [2.24, 2.45) is 0 Å². The van der Waals surface area contributed by atoms with Crippen LogP contribution < -0.4 is 4.74 Å². The molecule has 1 aromatic heterocycles. The molecular weight excluding hydrogens is 322 g/mol. The van der Waals surface area contributed by atoms with Crippen molar-refractivity contribution in [3.8, 4) is 17.2 Å². The van der Waals surface area contributed by atoms with Crippen molar-refractivity contribution in [1.82, 2.24) is 4.57 Å². The summed E-state index contributed by atoms with van der Waals surface area (Å²) in [5.41, 5.74) is 1.03. The monoisotopic (exact) mass is 333 g/mol.